The van der Waals surface area contributed by atoms with Gasteiger partial charge in [0.15, 0.2) is 0 Å². The Bertz CT molecular complexity index is 686. The lowest BCUT2D eigenvalue weighted by Gasteiger charge is -2.13. The molecule has 0 aliphatic carbocycles. The van der Waals surface area contributed by atoms with E-state index < -0.39 is 0 Å². The molecular formula is C17H21N3O. The van der Waals surface area contributed by atoms with Gasteiger partial charge in [-0.1, -0.05) is 18.6 Å². The van der Waals surface area contributed by atoms with Crippen LogP contribution in [0.2, 0.25) is 0 Å². The first-order valence-electron chi connectivity index (χ1n) is 7.54. The van der Waals surface area contributed by atoms with E-state index in [-0.39, 0.29) is 5.56 Å². The molecule has 4 heteroatoms. The van der Waals surface area contributed by atoms with Crippen LogP contribution in [0.15, 0.2) is 35.1 Å². The molecule has 2 heterocycles. The third kappa shape index (κ3) is 2.84. The fourth-order valence-electron chi connectivity index (χ4n) is 2.79. The van der Waals surface area contributed by atoms with Crippen LogP contribution in [0, 0.1) is 0 Å². The summed E-state index contributed by atoms with van der Waals surface area (Å²) in [5, 5.41) is 0. The van der Waals surface area contributed by atoms with Crippen molar-refractivity contribution in [1.29, 1.82) is 0 Å². The predicted molar refractivity (Wildman–Crippen MR) is 85.8 cm³/mol. The highest BCUT2D eigenvalue weighted by Crippen LogP contribution is 2.21. The van der Waals surface area contributed by atoms with Gasteiger partial charge in [-0.25, -0.2) is 4.98 Å². The van der Waals surface area contributed by atoms with Crippen molar-refractivity contribution in [3.05, 3.63) is 46.5 Å². The Labute approximate surface area is 125 Å². The number of nitrogens with zero attached hydrogens (tertiary/aromatic N) is 3. The average molecular weight is 283 g/mol. The lowest BCUT2D eigenvalue weighted by molar-refractivity contribution is 0.609. The third-order valence-corrected chi connectivity index (χ3v) is 4.05. The Balaban J connectivity index is 2.01. The monoisotopic (exact) mass is 283 g/mol. The van der Waals surface area contributed by atoms with E-state index >= 15 is 0 Å². The van der Waals surface area contributed by atoms with Crippen LogP contribution in [-0.4, -0.2) is 23.6 Å². The van der Waals surface area contributed by atoms with Crippen molar-refractivity contribution in [1.82, 2.24) is 9.55 Å². The summed E-state index contributed by atoms with van der Waals surface area (Å²) in [7, 11) is 4.03. The second kappa shape index (κ2) is 5.72. The zero-order valence-electron chi connectivity index (χ0n) is 12.7. The molecule has 0 atom stereocenters. The molecule has 110 valence electrons. The highest BCUT2D eigenvalue weighted by molar-refractivity contribution is 5.62. The van der Waals surface area contributed by atoms with E-state index in [4.69, 9.17) is 4.98 Å². The van der Waals surface area contributed by atoms with Gasteiger partial charge in [0.1, 0.15) is 5.82 Å². The van der Waals surface area contributed by atoms with Crippen molar-refractivity contribution in [3.8, 4) is 11.3 Å². The highest BCUT2D eigenvalue weighted by Gasteiger charge is 2.12. The molecule has 0 N–H and O–H groups in total. The van der Waals surface area contributed by atoms with Crippen LogP contribution in [0.1, 0.15) is 25.1 Å². The minimum atomic E-state index is 0.0774. The smallest absolute Gasteiger partial charge is 0.254 e. The van der Waals surface area contributed by atoms with Crippen LogP contribution in [0.25, 0.3) is 11.3 Å². The molecule has 1 aromatic carbocycles. The summed E-state index contributed by atoms with van der Waals surface area (Å²) in [6.45, 7) is 0.807. The minimum absolute atomic E-state index is 0.0774. The zero-order valence-corrected chi connectivity index (χ0v) is 12.7. The lowest BCUT2D eigenvalue weighted by atomic mass is 10.1. The number of aromatic nitrogens is 2. The van der Waals surface area contributed by atoms with Crippen molar-refractivity contribution in [2.24, 2.45) is 0 Å². The summed E-state index contributed by atoms with van der Waals surface area (Å²) in [4.78, 5) is 19.1. The Hall–Kier alpha value is -2.10. The van der Waals surface area contributed by atoms with Gasteiger partial charge in [-0.05, 0) is 25.0 Å². The molecule has 3 rings (SSSR count). The summed E-state index contributed by atoms with van der Waals surface area (Å²) in [5.41, 5.74) is 3.02. The quantitative estimate of drug-likeness (QED) is 0.850. The third-order valence-electron chi connectivity index (χ3n) is 4.05. The van der Waals surface area contributed by atoms with Gasteiger partial charge in [0, 0.05) is 44.4 Å². The number of rotatable bonds is 2. The average Bonchev–Trinajstić information content (AvgIpc) is 2.73. The van der Waals surface area contributed by atoms with E-state index in [9.17, 15) is 4.79 Å². The van der Waals surface area contributed by atoms with Gasteiger partial charge in [0.2, 0.25) is 0 Å². The Morgan fingerprint density at radius 3 is 2.57 bits per heavy atom. The molecule has 2 aromatic rings. The molecule has 1 aliphatic rings. The van der Waals surface area contributed by atoms with Crippen LogP contribution < -0.4 is 10.5 Å². The van der Waals surface area contributed by atoms with Crippen LogP contribution in [-0.2, 0) is 13.0 Å². The molecule has 0 bridgehead atoms. The lowest BCUT2D eigenvalue weighted by Crippen LogP contribution is -2.23. The van der Waals surface area contributed by atoms with E-state index in [1.54, 1.807) is 6.07 Å². The first-order chi connectivity index (χ1) is 10.1. The van der Waals surface area contributed by atoms with Crippen molar-refractivity contribution in [2.45, 2.75) is 32.2 Å². The maximum Gasteiger partial charge on any atom is 0.254 e. The molecule has 0 amide bonds. The number of anilines is 1. The first kappa shape index (κ1) is 13.9. The van der Waals surface area contributed by atoms with E-state index in [0.29, 0.717) is 0 Å². The van der Waals surface area contributed by atoms with Crippen LogP contribution in [0.5, 0.6) is 0 Å². The fraction of sp³-hybridized carbons (Fsp3) is 0.412. The molecule has 0 spiro atoms. The Morgan fingerprint density at radius 2 is 1.86 bits per heavy atom. The number of fused-ring (bicyclic) bond motifs is 1. The first-order valence-corrected chi connectivity index (χ1v) is 7.54. The summed E-state index contributed by atoms with van der Waals surface area (Å²) in [6.07, 6.45) is 4.27. The van der Waals surface area contributed by atoms with E-state index in [0.717, 1.165) is 48.6 Å². The van der Waals surface area contributed by atoms with Crippen LogP contribution >= 0.6 is 0 Å². The number of aryl methyl sites for hydroxylation is 1. The highest BCUT2D eigenvalue weighted by atomic mass is 16.1. The standard InChI is InChI=1S/C17H21N3O/c1-19(2)14-9-7-13(8-10-14)15-12-17(21)20-11-5-3-4-6-16(20)18-15/h7-10,12H,3-6,11H2,1-2H3. The molecule has 0 unspecified atom stereocenters. The molecule has 0 saturated carbocycles. The molecule has 4 nitrogen and oxygen atoms in total. The summed E-state index contributed by atoms with van der Waals surface area (Å²) >= 11 is 0. The largest absolute Gasteiger partial charge is 0.378 e. The SMILES string of the molecule is CN(C)c1ccc(-c2cc(=O)n3c(n2)CCCCC3)cc1. The molecule has 1 aromatic heterocycles. The van der Waals surface area contributed by atoms with Gasteiger partial charge in [-0.2, -0.15) is 0 Å². The predicted octanol–water partition coefficient (Wildman–Crippen LogP) is 2.70. The Kier molecular flexibility index (Phi) is 3.78. The molecule has 0 saturated heterocycles. The number of hydrogen-bond acceptors (Lipinski definition) is 3. The van der Waals surface area contributed by atoms with Gasteiger partial charge in [-0.15, -0.1) is 0 Å². The van der Waals surface area contributed by atoms with Crippen molar-refractivity contribution >= 4 is 5.69 Å². The summed E-state index contributed by atoms with van der Waals surface area (Å²) < 4.78 is 1.84. The van der Waals surface area contributed by atoms with Crippen molar-refractivity contribution < 1.29 is 0 Å². The summed E-state index contributed by atoms with van der Waals surface area (Å²) in [6, 6.07) is 9.84. The van der Waals surface area contributed by atoms with Gasteiger partial charge >= 0.3 is 0 Å². The van der Waals surface area contributed by atoms with Gasteiger partial charge in [0.05, 0.1) is 5.69 Å². The molecule has 21 heavy (non-hydrogen) atoms. The minimum Gasteiger partial charge on any atom is -0.378 e. The van der Waals surface area contributed by atoms with E-state index in [1.807, 2.05) is 30.8 Å². The molecule has 0 radical (unpaired) electrons. The van der Waals surface area contributed by atoms with Crippen molar-refractivity contribution in [3.63, 3.8) is 0 Å². The second-order valence-corrected chi connectivity index (χ2v) is 5.80. The van der Waals surface area contributed by atoms with Crippen molar-refractivity contribution in [2.75, 3.05) is 19.0 Å². The maximum absolute atomic E-state index is 12.3. The molecular weight excluding hydrogens is 262 g/mol. The fourth-order valence-corrected chi connectivity index (χ4v) is 2.79. The topological polar surface area (TPSA) is 38.1 Å². The molecule has 1 aliphatic heterocycles. The van der Waals surface area contributed by atoms with Gasteiger partial charge in [0.25, 0.3) is 5.56 Å². The maximum atomic E-state index is 12.3. The van der Waals surface area contributed by atoms with Crippen LogP contribution in [0.3, 0.4) is 0 Å². The normalized spacial score (nSPS) is 14.4. The van der Waals surface area contributed by atoms with E-state index in [2.05, 4.69) is 17.0 Å². The molecule has 0 fully saturated rings. The summed E-state index contributed by atoms with van der Waals surface area (Å²) in [5.74, 6) is 0.937. The van der Waals surface area contributed by atoms with Gasteiger partial charge < -0.3 is 4.90 Å². The number of hydrogen-bond donors (Lipinski definition) is 0. The van der Waals surface area contributed by atoms with E-state index in [1.165, 1.54) is 6.42 Å². The zero-order chi connectivity index (χ0) is 14.8. The van der Waals surface area contributed by atoms with Crippen LogP contribution in [0.4, 0.5) is 5.69 Å². The van der Waals surface area contributed by atoms with Gasteiger partial charge in [-0.3, -0.25) is 9.36 Å². The number of benzene rings is 1. The Morgan fingerprint density at radius 1 is 1.10 bits per heavy atom. The second-order valence-electron chi connectivity index (χ2n) is 5.80.